The highest BCUT2D eigenvalue weighted by Gasteiger charge is 2.26. The van der Waals surface area contributed by atoms with Crippen LogP contribution in [0.4, 0.5) is 0 Å². The summed E-state index contributed by atoms with van der Waals surface area (Å²) < 4.78 is 0. The van der Waals surface area contributed by atoms with Crippen LogP contribution in [0, 0.1) is 0 Å². The van der Waals surface area contributed by atoms with Gasteiger partial charge in [0.15, 0.2) is 6.29 Å². The summed E-state index contributed by atoms with van der Waals surface area (Å²) in [5, 5.41) is 0. The number of aromatic nitrogens is 2. The molecular formula is C14H14N2O. The first-order valence-corrected chi connectivity index (χ1v) is 5.49. The van der Waals surface area contributed by atoms with E-state index in [4.69, 9.17) is 0 Å². The average Bonchev–Trinajstić information content (AvgIpc) is 2.40. The molecule has 0 radical (unpaired) electrons. The summed E-state index contributed by atoms with van der Waals surface area (Å²) in [5.74, 6) is 0.660. The van der Waals surface area contributed by atoms with Crippen molar-refractivity contribution in [3.05, 3.63) is 59.7 Å². The topological polar surface area (TPSA) is 42.9 Å². The van der Waals surface area contributed by atoms with Gasteiger partial charge in [0.2, 0.25) is 0 Å². The first-order chi connectivity index (χ1) is 8.14. The molecule has 0 saturated carbocycles. The second-order valence-electron chi connectivity index (χ2n) is 4.41. The van der Waals surface area contributed by atoms with Crippen LogP contribution in [-0.4, -0.2) is 16.3 Å². The van der Waals surface area contributed by atoms with Gasteiger partial charge in [-0.2, -0.15) is 0 Å². The molecule has 0 bridgehead atoms. The summed E-state index contributed by atoms with van der Waals surface area (Å²) in [6, 6.07) is 11.6. The van der Waals surface area contributed by atoms with E-state index < -0.39 is 0 Å². The first kappa shape index (κ1) is 11.5. The Labute approximate surface area is 101 Å². The van der Waals surface area contributed by atoms with Gasteiger partial charge in [0.25, 0.3) is 0 Å². The molecule has 0 saturated heterocycles. The van der Waals surface area contributed by atoms with Crippen LogP contribution >= 0.6 is 0 Å². The number of hydrogen-bond acceptors (Lipinski definition) is 3. The summed E-state index contributed by atoms with van der Waals surface area (Å²) in [6.07, 6.45) is 2.36. The number of benzene rings is 1. The molecule has 1 heterocycles. The normalized spacial score (nSPS) is 11.2. The molecule has 0 amide bonds. The maximum Gasteiger partial charge on any atom is 0.168 e. The predicted molar refractivity (Wildman–Crippen MR) is 66.0 cm³/mol. The van der Waals surface area contributed by atoms with Gasteiger partial charge in [0.1, 0.15) is 11.5 Å². The second kappa shape index (κ2) is 4.45. The molecule has 17 heavy (non-hydrogen) atoms. The molecule has 86 valence electrons. The first-order valence-electron chi connectivity index (χ1n) is 5.49. The number of carbonyl (C=O) groups excluding carboxylic acids is 1. The third kappa shape index (κ3) is 2.23. The van der Waals surface area contributed by atoms with Crippen LogP contribution in [0.1, 0.15) is 35.7 Å². The summed E-state index contributed by atoms with van der Waals surface area (Å²) in [6.45, 7) is 4.10. The average molecular weight is 226 g/mol. The predicted octanol–water partition coefficient (Wildman–Crippen LogP) is 2.62. The highest BCUT2D eigenvalue weighted by Crippen LogP contribution is 2.28. The molecule has 0 spiro atoms. The van der Waals surface area contributed by atoms with E-state index in [1.165, 1.54) is 0 Å². The minimum atomic E-state index is -0.305. The highest BCUT2D eigenvalue weighted by atomic mass is 16.1. The SMILES string of the molecule is CC(C)(c1ccccc1)c1nccc(C=O)n1. The van der Waals surface area contributed by atoms with E-state index >= 15 is 0 Å². The maximum absolute atomic E-state index is 10.7. The molecule has 0 unspecified atom stereocenters. The molecule has 0 aliphatic rings. The summed E-state index contributed by atoms with van der Waals surface area (Å²) >= 11 is 0. The van der Waals surface area contributed by atoms with Gasteiger partial charge in [-0.15, -0.1) is 0 Å². The molecule has 3 heteroatoms. The second-order valence-corrected chi connectivity index (χ2v) is 4.41. The van der Waals surface area contributed by atoms with Crippen molar-refractivity contribution in [3.8, 4) is 0 Å². The monoisotopic (exact) mass is 226 g/mol. The van der Waals surface area contributed by atoms with Crippen LogP contribution < -0.4 is 0 Å². The van der Waals surface area contributed by atoms with Crippen LogP contribution in [0.3, 0.4) is 0 Å². The quantitative estimate of drug-likeness (QED) is 0.755. The van der Waals surface area contributed by atoms with Crippen LogP contribution in [0.25, 0.3) is 0 Å². The molecule has 1 aromatic carbocycles. The Morgan fingerprint density at radius 3 is 2.47 bits per heavy atom. The highest BCUT2D eigenvalue weighted by molar-refractivity contribution is 5.71. The number of nitrogens with zero attached hydrogens (tertiary/aromatic N) is 2. The van der Waals surface area contributed by atoms with E-state index in [2.05, 4.69) is 9.97 Å². The van der Waals surface area contributed by atoms with Crippen molar-refractivity contribution in [1.82, 2.24) is 9.97 Å². The van der Waals surface area contributed by atoms with Gasteiger partial charge in [-0.3, -0.25) is 4.79 Å². The number of carbonyl (C=O) groups is 1. The van der Waals surface area contributed by atoms with Crippen LogP contribution in [-0.2, 0) is 5.41 Å². The van der Waals surface area contributed by atoms with Crippen LogP contribution in [0.2, 0.25) is 0 Å². The van der Waals surface area contributed by atoms with Crippen LogP contribution in [0.5, 0.6) is 0 Å². The molecule has 3 nitrogen and oxygen atoms in total. The molecule has 0 aliphatic heterocycles. The summed E-state index contributed by atoms with van der Waals surface area (Å²) in [4.78, 5) is 19.3. The summed E-state index contributed by atoms with van der Waals surface area (Å²) in [5.41, 5.74) is 1.24. The molecular weight excluding hydrogens is 212 g/mol. The Morgan fingerprint density at radius 2 is 1.82 bits per heavy atom. The van der Waals surface area contributed by atoms with Gasteiger partial charge in [0.05, 0.1) is 0 Å². The largest absolute Gasteiger partial charge is 0.296 e. The van der Waals surface area contributed by atoms with Gasteiger partial charge in [-0.25, -0.2) is 9.97 Å². The maximum atomic E-state index is 10.7. The van der Waals surface area contributed by atoms with Crippen molar-refractivity contribution in [2.45, 2.75) is 19.3 Å². The van der Waals surface area contributed by atoms with E-state index in [1.54, 1.807) is 12.3 Å². The fraction of sp³-hybridized carbons (Fsp3) is 0.214. The molecule has 2 aromatic rings. The third-order valence-electron chi connectivity index (χ3n) is 2.85. The zero-order valence-electron chi connectivity index (χ0n) is 9.92. The zero-order chi connectivity index (χ0) is 12.3. The summed E-state index contributed by atoms with van der Waals surface area (Å²) in [7, 11) is 0. The van der Waals surface area contributed by atoms with Crippen molar-refractivity contribution in [2.24, 2.45) is 0 Å². The van der Waals surface area contributed by atoms with Gasteiger partial charge < -0.3 is 0 Å². The number of aldehydes is 1. The van der Waals surface area contributed by atoms with Crippen molar-refractivity contribution in [3.63, 3.8) is 0 Å². The molecule has 0 N–H and O–H groups in total. The van der Waals surface area contributed by atoms with E-state index in [-0.39, 0.29) is 5.41 Å². The molecule has 0 atom stereocenters. The molecule has 1 aromatic heterocycles. The minimum Gasteiger partial charge on any atom is -0.296 e. The van der Waals surface area contributed by atoms with Crippen LogP contribution in [0.15, 0.2) is 42.6 Å². The molecule has 2 rings (SSSR count). The Balaban J connectivity index is 2.47. The Bertz CT molecular complexity index is 521. The lowest BCUT2D eigenvalue weighted by molar-refractivity contribution is 0.111. The van der Waals surface area contributed by atoms with E-state index in [1.807, 2.05) is 44.2 Å². The molecule has 0 aliphatic carbocycles. The number of rotatable bonds is 3. The molecule has 0 fully saturated rings. The zero-order valence-corrected chi connectivity index (χ0v) is 9.92. The lowest BCUT2D eigenvalue weighted by atomic mass is 9.84. The van der Waals surface area contributed by atoms with E-state index in [9.17, 15) is 4.79 Å². The van der Waals surface area contributed by atoms with Crippen molar-refractivity contribution in [1.29, 1.82) is 0 Å². The fourth-order valence-corrected chi connectivity index (χ4v) is 1.72. The lowest BCUT2D eigenvalue weighted by Gasteiger charge is -2.23. The number of hydrogen-bond donors (Lipinski definition) is 0. The lowest BCUT2D eigenvalue weighted by Crippen LogP contribution is -2.22. The Hall–Kier alpha value is -2.03. The standard InChI is InChI=1S/C14H14N2O/c1-14(2,11-6-4-3-5-7-11)13-15-9-8-12(10-17)16-13/h3-10H,1-2H3. The van der Waals surface area contributed by atoms with E-state index in [0.717, 1.165) is 11.8 Å². The van der Waals surface area contributed by atoms with E-state index in [0.29, 0.717) is 11.5 Å². The van der Waals surface area contributed by atoms with Gasteiger partial charge in [-0.1, -0.05) is 30.3 Å². The smallest absolute Gasteiger partial charge is 0.168 e. The van der Waals surface area contributed by atoms with Crippen molar-refractivity contribution < 1.29 is 4.79 Å². The van der Waals surface area contributed by atoms with Crippen molar-refractivity contribution >= 4 is 6.29 Å². The Kier molecular flexibility index (Phi) is 3.00. The van der Waals surface area contributed by atoms with Gasteiger partial charge in [-0.05, 0) is 25.5 Å². The fourth-order valence-electron chi connectivity index (χ4n) is 1.72. The van der Waals surface area contributed by atoms with Gasteiger partial charge >= 0.3 is 0 Å². The third-order valence-corrected chi connectivity index (χ3v) is 2.85. The van der Waals surface area contributed by atoms with Gasteiger partial charge in [0, 0.05) is 11.6 Å². The minimum absolute atomic E-state index is 0.305. The Morgan fingerprint density at radius 1 is 1.12 bits per heavy atom. The van der Waals surface area contributed by atoms with Crippen molar-refractivity contribution in [2.75, 3.05) is 0 Å².